The second kappa shape index (κ2) is 2.16. The lowest BCUT2D eigenvalue weighted by molar-refractivity contribution is -0.0674. The van der Waals surface area contributed by atoms with Gasteiger partial charge in [0.05, 0.1) is 0 Å². The van der Waals surface area contributed by atoms with Crippen LogP contribution in [-0.4, -0.2) is 22.7 Å². The second-order valence-electron chi connectivity index (χ2n) is 1.36. The molecule has 1 amide bonds. The van der Waals surface area contributed by atoms with Crippen LogP contribution in [0, 0.1) is 0 Å². The zero-order valence-corrected chi connectivity index (χ0v) is 5.07. The van der Waals surface area contributed by atoms with E-state index < -0.39 is 12.5 Å². The second-order valence-corrected chi connectivity index (χ2v) is 1.76. The van der Waals surface area contributed by atoms with Gasteiger partial charge >= 0.3 is 6.09 Å². The van der Waals surface area contributed by atoms with Crippen molar-refractivity contribution in [3.63, 3.8) is 0 Å². The van der Waals surface area contributed by atoms with Gasteiger partial charge in [-0.2, -0.15) is 0 Å². The zero-order valence-electron chi connectivity index (χ0n) is 4.25. The van der Waals surface area contributed by atoms with Crippen LogP contribution in [0.4, 0.5) is 4.79 Å². The highest BCUT2D eigenvalue weighted by atomic mass is 32.1. The number of hydrogen-bond donors (Lipinski definition) is 3. The Kier molecular flexibility index (Phi) is 1.50. The molecule has 50 valence electrons. The highest BCUT2D eigenvalue weighted by molar-refractivity contribution is 7.80. The van der Waals surface area contributed by atoms with E-state index in [0.29, 0.717) is 0 Å². The predicted octanol–water partition coefficient (Wildman–Crippen LogP) is -1.12. The molecule has 1 rings (SSSR count). The summed E-state index contributed by atoms with van der Waals surface area (Å²) in [5, 5.41) is 13.0. The fraction of sp³-hybridized carbons (Fsp3) is 0.333. The van der Waals surface area contributed by atoms with E-state index in [2.05, 4.69) is 27.6 Å². The molecule has 1 aliphatic rings. The number of amides is 1. The molecule has 9 heavy (non-hydrogen) atoms. The summed E-state index contributed by atoms with van der Waals surface area (Å²) >= 11 is 4.48. The van der Waals surface area contributed by atoms with Crippen LogP contribution in [0.2, 0.25) is 0 Å². The molecule has 0 spiro atoms. The van der Waals surface area contributed by atoms with E-state index in [9.17, 15) is 4.79 Å². The molecule has 0 aromatic carbocycles. The SMILES string of the molecule is O=C1NC(=S)NC(O)O1. The fourth-order valence-electron chi connectivity index (χ4n) is 0.401. The smallest absolute Gasteiger partial charge is 0.400 e. The Bertz CT molecular complexity index is 143. The van der Waals surface area contributed by atoms with Crippen LogP contribution < -0.4 is 10.6 Å². The van der Waals surface area contributed by atoms with Gasteiger partial charge in [-0.25, -0.2) is 4.79 Å². The van der Waals surface area contributed by atoms with E-state index in [0.717, 1.165) is 0 Å². The summed E-state index contributed by atoms with van der Waals surface area (Å²) in [6, 6.07) is 0. The van der Waals surface area contributed by atoms with Crippen molar-refractivity contribution in [3.05, 3.63) is 0 Å². The molecule has 1 saturated heterocycles. The molecule has 0 radical (unpaired) electrons. The molecule has 1 atom stereocenters. The summed E-state index contributed by atoms with van der Waals surface area (Å²) in [6.07, 6.45) is -2.06. The van der Waals surface area contributed by atoms with Gasteiger partial charge in [-0.05, 0) is 12.2 Å². The van der Waals surface area contributed by atoms with Gasteiger partial charge in [-0.3, -0.25) is 5.32 Å². The minimum atomic E-state index is -1.31. The van der Waals surface area contributed by atoms with Gasteiger partial charge in [0, 0.05) is 0 Å². The number of nitrogens with one attached hydrogen (secondary N) is 2. The quantitative estimate of drug-likeness (QED) is 0.379. The van der Waals surface area contributed by atoms with E-state index in [1.165, 1.54) is 0 Å². The van der Waals surface area contributed by atoms with Crippen molar-refractivity contribution in [2.24, 2.45) is 0 Å². The van der Waals surface area contributed by atoms with Crippen molar-refractivity contribution >= 4 is 23.4 Å². The molecule has 0 bridgehead atoms. The van der Waals surface area contributed by atoms with Crippen molar-refractivity contribution in [2.45, 2.75) is 6.41 Å². The van der Waals surface area contributed by atoms with Crippen LogP contribution in [0.25, 0.3) is 0 Å². The van der Waals surface area contributed by atoms with E-state index in [4.69, 9.17) is 5.11 Å². The number of aliphatic hydroxyl groups is 1. The van der Waals surface area contributed by atoms with Crippen molar-refractivity contribution < 1.29 is 14.6 Å². The third-order valence-corrected chi connectivity index (χ3v) is 0.909. The first-order chi connectivity index (χ1) is 4.18. The Morgan fingerprint density at radius 1 is 1.78 bits per heavy atom. The summed E-state index contributed by atoms with van der Waals surface area (Å²) < 4.78 is 4.16. The van der Waals surface area contributed by atoms with Crippen molar-refractivity contribution in [1.82, 2.24) is 10.6 Å². The number of rotatable bonds is 0. The van der Waals surface area contributed by atoms with E-state index in [1.807, 2.05) is 0 Å². The molecule has 0 saturated carbocycles. The van der Waals surface area contributed by atoms with Crippen molar-refractivity contribution in [1.29, 1.82) is 0 Å². The molecule has 0 aromatic heterocycles. The van der Waals surface area contributed by atoms with Crippen LogP contribution in [0.5, 0.6) is 0 Å². The number of aliphatic hydroxyl groups excluding tert-OH is 1. The van der Waals surface area contributed by atoms with Crippen molar-refractivity contribution in [3.8, 4) is 0 Å². The number of hydrogen-bond acceptors (Lipinski definition) is 4. The van der Waals surface area contributed by atoms with Crippen LogP contribution >= 0.6 is 12.2 Å². The van der Waals surface area contributed by atoms with Crippen LogP contribution in [-0.2, 0) is 4.74 Å². The molecule has 1 heterocycles. The predicted molar refractivity (Wildman–Crippen MR) is 31.4 cm³/mol. The average molecular weight is 148 g/mol. The lowest BCUT2D eigenvalue weighted by Gasteiger charge is -2.20. The Balaban J connectivity index is 2.53. The maximum absolute atomic E-state index is 10.3. The third kappa shape index (κ3) is 1.51. The van der Waals surface area contributed by atoms with Crippen LogP contribution in [0.3, 0.4) is 0 Å². The summed E-state index contributed by atoms with van der Waals surface area (Å²) in [7, 11) is 0. The number of ether oxygens (including phenoxy) is 1. The van der Waals surface area contributed by atoms with Crippen LogP contribution in [0.15, 0.2) is 0 Å². The maximum atomic E-state index is 10.3. The third-order valence-electron chi connectivity index (χ3n) is 0.689. The molecule has 1 unspecified atom stereocenters. The zero-order chi connectivity index (χ0) is 6.85. The van der Waals surface area contributed by atoms with Gasteiger partial charge in [0.15, 0.2) is 5.11 Å². The fourth-order valence-corrected chi connectivity index (χ4v) is 0.585. The summed E-state index contributed by atoms with van der Waals surface area (Å²) in [6.45, 7) is 0. The normalized spacial score (nSPS) is 26.1. The van der Waals surface area contributed by atoms with Gasteiger partial charge in [0.1, 0.15) is 0 Å². The van der Waals surface area contributed by atoms with E-state index in [-0.39, 0.29) is 5.11 Å². The first-order valence-electron chi connectivity index (χ1n) is 2.14. The van der Waals surface area contributed by atoms with Gasteiger partial charge < -0.3 is 15.2 Å². The molecule has 1 aliphatic heterocycles. The monoisotopic (exact) mass is 148 g/mol. The van der Waals surface area contributed by atoms with Crippen molar-refractivity contribution in [2.75, 3.05) is 0 Å². The van der Waals surface area contributed by atoms with E-state index in [1.54, 1.807) is 0 Å². The Hall–Kier alpha value is -0.880. The molecular formula is C3H4N2O3S. The Morgan fingerprint density at radius 2 is 2.44 bits per heavy atom. The van der Waals surface area contributed by atoms with Gasteiger partial charge in [-0.1, -0.05) is 0 Å². The molecule has 0 aliphatic carbocycles. The molecule has 0 aromatic rings. The van der Waals surface area contributed by atoms with Gasteiger partial charge in [0.25, 0.3) is 6.41 Å². The average Bonchev–Trinajstić information content (AvgIpc) is 1.59. The Labute approximate surface area is 56.0 Å². The summed E-state index contributed by atoms with van der Waals surface area (Å²) in [4.78, 5) is 10.3. The molecule has 1 fully saturated rings. The van der Waals surface area contributed by atoms with E-state index >= 15 is 0 Å². The molecule has 5 nitrogen and oxygen atoms in total. The minimum Gasteiger partial charge on any atom is -0.400 e. The van der Waals surface area contributed by atoms with Gasteiger partial charge in [-0.15, -0.1) is 0 Å². The number of alkyl carbamates (subject to hydrolysis) is 1. The highest BCUT2D eigenvalue weighted by Crippen LogP contribution is 1.89. The topological polar surface area (TPSA) is 70.6 Å². The highest BCUT2D eigenvalue weighted by Gasteiger charge is 2.18. The molecule has 6 heteroatoms. The minimum absolute atomic E-state index is 0.0683. The Morgan fingerprint density at radius 3 is 2.89 bits per heavy atom. The van der Waals surface area contributed by atoms with Crippen LogP contribution in [0.1, 0.15) is 0 Å². The number of cyclic esters (lactones) is 1. The first-order valence-corrected chi connectivity index (χ1v) is 2.55. The standard InChI is InChI=1S/C3H4N2O3S/c6-2-4-1(9)5-3(7)8-2/h2,6H,(H2,4,5,7,9). The van der Waals surface area contributed by atoms with Gasteiger partial charge in [0.2, 0.25) is 0 Å². The number of thiocarbonyl (C=S) groups is 1. The summed E-state index contributed by atoms with van der Waals surface area (Å²) in [5.74, 6) is 0. The largest absolute Gasteiger partial charge is 0.417 e. The lowest BCUT2D eigenvalue weighted by Crippen LogP contribution is -2.53. The molecular weight excluding hydrogens is 144 g/mol. The maximum Gasteiger partial charge on any atom is 0.417 e. The lowest BCUT2D eigenvalue weighted by atomic mass is 10.8. The first kappa shape index (κ1) is 6.24. The number of carbonyl (C=O) groups is 1. The summed E-state index contributed by atoms with van der Waals surface area (Å²) in [5.41, 5.74) is 0. The number of carbonyl (C=O) groups excluding carboxylic acids is 1. The molecule has 3 N–H and O–H groups in total.